The van der Waals surface area contributed by atoms with Gasteiger partial charge in [0.05, 0.1) is 5.69 Å². The van der Waals surface area contributed by atoms with Gasteiger partial charge in [-0.15, -0.1) is 0 Å². The van der Waals surface area contributed by atoms with Crippen molar-refractivity contribution in [3.8, 4) is 0 Å². The maximum absolute atomic E-state index is 6.54. The van der Waals surface area contributed by atoms with Gasteiger partial charge in [-0.3, -0.25) is 0 Å². The van der Waals surface area contributed by atoms with Crippen LogP contribution in [0.25, 0.3) is 44.2 Å². The molecule has 3 aliphatic carbocycles. The van der Waals surface area contributed by atoms with Gasteiger partial charge in [-0.2, -0.15) is 0 Å². The lowest BCUT2D eigenvalue weighted by Crippen LogP contribution is -2.44. The topological polar surface area (TPSA) is 16.4 Å². The number of hydrogen-bond donors (Lipinski definition) is 0. The first-order chi connectivity index (χ1) is 32.2. The van der Waals surface area contributed by atoms with Crippen molar-refractivity contribution in [1.29, 1.82) is 0 Å². The largest absolute Gasteiger partial charge is 0.455 e. The summed E-state index contributed by atoms with van der Waals surface area (Å²) in [5.74, 6) is 0.196. The quantitative estimate of drug-likeness (QED) is 0.142. The summed E-state index contributed by atoms with van der Waals surface area (Å²) >= 11 is 0. The van der Waals surface area contributed by atoms with E-state index in [4.69, 9.17) is 11.0 Å². The highest BCUT2D eigenvalue weighted by molar-refractivity contribution is 6.09. The molecule has 6 aromatic rings. The molecule has 6 bridgehead atoms. The highest BCUT2D eigenvalue weighted by Gasteiger charge is 2.57. The number of rotatable bonds is 8. The van der Waals surface area contributed by atoms with Gasteiger partial charge in [-0.25, -0.2) is 0 Å². The second kappa shape index (κ2) is 16.7. The van der Waals surface area contributed by atoms with Gasteiger partial charge in [-0.05, 0) is 143 Å². The molecule has 0 fully saturated rings. The third-order valence-corrected chi connectivity index (χ3v) is 16.6. The average Bonchev–Trinajstić information content (AvgIpc) is 4.02. The number of furan rings is 1. The first-order valence-corrected chi connectivity index (χ1v) is 24.4. The number of fused-ring (bicyclic) bond motifs is 13. The zero-order valence-electron chi connectivity index (χ0n) is 40.1. The van der Waals surface area contributed by atoms with Crippen molar-refractivity contribution in [3.05, 3.63) is 232 Å². The fraction of sp³-hybridized carbons (Fsp3) is 0.250. The molecule has 0 amide bonds. The molecule has 2 heteroatoms. The van der Waals surface area contributed by atoms with Crippen molar-refractivity contribution in [1.82, 2.24) is 0 Å². The smallest absolute Gasteiger partial charge is 0.143 e. The van der Waals surface area contributed by atoms with Crippen molar-refractivity contribution in [3.63, 3.8) is 0 Å². The van der Waals surface area contributed by atoms with E-state index in [1.807, 2.05) is 6.07 Å². The molecule has 3 atom stereocenters. The Hall–Kier alpha value is -6.64. The van der Waals surface area contributed by atoms with Gasteiger partial charge in [0.25, 0.3) is 0 Å². The Labute approximate surface area is 393 Å². The fourth-order valence-electron chi connectivity index (χ4n) is 13.2. The highest BCUT2D eigenvalue weighted by Crippen LogP contribution is 2.65. The van der Waals surface area contributed by atoms with E-state index in [9.17, 15) is 0 Å². The van der Waals surface area contributed by atoms with Crippen molar-refractivity contribution in [2.45, 2.75) is 97.3 Å². The maximum atomic E-state index is 6.54. The number of benzene rings is 5. The van der Waals surface area contributed by atoms with E-state index in [2.05, 4.69) is 224 Å². The second-order valence-corrected chi connectivity index (χ2v) is 18.9. The molecule has 66 heavy (non-hydrogen) atoms. The summed E-state index contributed by atoms with van der Waals surface area (Å²) in [7, 11) is 0. The Morgan fingerprint density at radius 3 is 2.17 bits per heavy atom. The minimum atomic E-state index is -0.280. The van der Waals surface area contributed by atoms with E-state index in [1.54, 1.807) is 0 Å². The lowest BCUT2D eigenvalue weighted by Gasteiger charge is -2.47. The molecule has 3 unspecified atom stereocenters. The van der Waals surface area contributed by atoms with E-state index >= 15 is 0 Å². The Kier molecular flexibility index (Phi) is 10.9. The van der Waals surface area contributed by atoms with Crippen LogP contribution in [0.2, 0.25) is 0 Å². The summed E-state index contributed by atoms with van der Waals surface area (Å²) in [6.07, 6.45) is 26.8. The molecule has 5 aromatic carbocycles. The Bertz CT molecular complexity index is 3210. The van der Waals surface area contributed by atoms with Crippen LogP contribution in [0.4, 0.5) is 5.69 Å². The summed E-state index contributed by atoms with van der Waals surface area (Å²) in [4.78, 5) is 2.36. The first kappa shape index (κ1) is 43.3. The lowest BCUT2D eigenvalue weighted by molar-refractivity contribution is 0.243. The maximum Gasteiger partial charge on any atom is 0.143 e. The molecule has 0 spiro atoms. The second-order valence-electron chi connectivity index (χ2n) is 18.9. The number of allylic oxidation sites excluding steroid dienone is 15. The molecule has 4 aliphatic rings. The zero-order chi connectivity index (χ0) is 46.0. The highest BCUT2D eigenvalue weighted by atomic mass is 16.3. The van der Waals surface area contributed by atoms with Gasteiger partial charge >= 0.3 is 0 Å². The minimum absolute atomic E-state index is 0.149. The van der Waals surface area contributed by atoms with Crippen LogP contribution < -0.4 is 4.90 Å². The molecule has 1 aliphatic heterocycles. The molecular weight excluding hydrogens is 799 g/mol. The zero-order valence-corrected chi connectivity index (χ0v) is 40.1. The molecule has 330 valence electrons. The van der Waals surface area contributed by atoms with Crippen LogP contribution in [0.5, 0.6) is 0 Å². The van der Waals surface area contributed by atoms with Gasteiger partial charge < -0.3 is 9.32 Å². The summed E-state index contributed by atoms with van der Waals surface area (Å²) in [5.41, 5.74) is 20.8. The predicted molar refractivity (Wildman–Crippen MR) is 283 cm³/mol. The van der Waals surface area contributed by atoms with Crippen LogP contribution in [-0.4, -0.2) is 0 Å². The van der Waals surface area contributed by atoms with Gasteiger partial charge in [0.2, 0.25) is 0 Å². The van der Waals surface area contributed by atoms with Crippen LogP contribution >= 0.6 is 0 Å². The van der Waals surface area contributed by atoms with Gasteiger partial charge in [0.15, 0.2) is 0 Å². The summed E-state index contributed by atoms with van der Waals surface area (Å²) in [6.45, 7) is 24.1. The Morgan fingerprint density at radius 2 is 1.44 bits per heavy atom. The average molecular weight is 862 g/mol. The molecular formula is C64H63NO. The monoisotopic (exact) mass is 861 g/mol. The fourth-order valence-corrected chi connectivity index (χ4v) is 13.2. The number of nitrogens with zero attached hydrogens (tertiary/aromatic N) is 1. The number of hydrogen-bond acceptors (Lipinski definition) is 2. The molecule has 0 radical (unpaired) electrons. The number of para-hydroxylation sites is 2. The molecule has 0 saturated heterocycles. The Balaban J connectivity index is 1.24. The van der Waals surface area contributed by atoms with E-state index in [-0.39, 0.29) is 22.2 Å². The van der Waals surface area contributed by atoms with Crippen LogP contribution in [-0.2, 0) is 16.2 Å². The molecule has 0 N–H and O–H groups in total. The standard InChI is InChI=1S/C64H63NO/c1-10-26-44(46-31-22-32-51-50-30-18-21-38-59(50)66-61(46)51)27-24-39-65-40-25-33-47-48-28-16-19-34-54(48)62(9,53(47)12-3)43(8)64(15-6)42(7)52(49-29-17-20-35-55(49)64)41-57-45(11-2)60-56(36-23-37-58(60)65)63(57,13-4)14-5/h10,12,16-41,43H,7,11,13-15H2,1-6,8-9H3/b26-10-,39-24+,40-25+,44-27+,47-33-,52-41+,53-12+. The molecule has 2 nitrogen and oxygen atoms in total. The SMILES string of the molecule is C=C1/C2=C\C3=C(CC)c4c(cccc4C3(CC)CC)N(/C=C/C=C(\C=C/C)c3cccc4c3oc3ccccc34)/C=C/C=C3\C(=C/C)C(C)(c4ccccc43)C(C)C1(CC)c1ccccc12. The summed E-state index contributed by atoms with van der Waals surface area (Å²) in [6, 6.07) is 40.2. The van der Waals surface area contributed by atoms with Crippen molar-refractivity contribution in [2.24, 2.45) is 5.92 Å². The van der Waals surface area contributed by atoms with Gasteiger partial charge in [0.1, 0.15) is 11.2 Å². The van der Waals surface area contributed by atoms with E-state index in [0.717, 1.165) is 58.8 Å². The van der Waals surface area contributed by atoms with E-state index in [1.165, 1.54) is 72.5 Å². The minimum Gasteiger partial charge on any atom is -0.455 e. The van der Waals surface area contributed by atoms with Crippen LogP contribution in [0.15, 0.2) is 198 Å². The van der Waals surface area contributed by atoms with Crippen molar-refractivity contribution < 1.29 is 4.42 Å². The third kappa shape index (κ3) is 5.99. The molecule has 10 rings (SSSR count). The van der Waals surface area contributed by atoms with Crippen LogP contribution in [0.1, 0.15) is 120 Å². The number of anilines is 1. The van der Waals surface area contributed by atoms with E-state index < -0.39 is 0 Å². The Morgan fingerprint density at radius 1 is 0.758 bits per heavy atom. The lowest BCUT2D eigenvalue weighted by atomic mass is 9.55. The third-order valence-electron chi connectivity index (χ3n) is 16.6. The van der Waals surface area contributed by atoms with Crippen LogP contribution in [0.3, 0.4) is 0 Å². The predicted octanol–water partition coefficient (Wildman–Crippen LogP) is 17.6. The van der Waals surface area contributed by atoms with Crippen molar-refractivity contribution >= 4 is 49.9 Å². The summed E-state index contributed by atoms with van der Waals surface area (Å²) < 4.78 is 6.54. The van der Waals surface area contributed by atoms with Gasteiger partial charge in [0, 0.05) is 50.5 Å². The van der Waals surface area contributed by atoms with Crippen molar-refractivity contribution in [2.75, 3.05) is 4.90 Å². The first-order valence-electron chi connectivity index (χ1n) is 24.4. The van der Waals surface area contributed by atoms with E-state index in [0.29, 0.717) is 0 Å². The van der Waals surface area contributed by atoms with Crippen LogP contribution in [0, 0.1) is 5.92 Å². The molecule has 1 aromatic heterocycles. The van der Waals surface area contributed by atoms with Gasteiger partial charge in [-0.1, -0.05) is 176 Å². The normalized spacial score (nSPS) is 25.0. The molecule has 0 saturated carbocycles. The molecule has 2 heterocycles. The summed E-state index contributed by atoms with van der Waals surface area (Å²) in [5, 5.41) is 2.26.